The molecule has 0 saturated carbocycles. The van der Waals surface area contributed by atoms with Crippen molar-refractivity contribution in [1.82, 2.24) is 4.98 Å². The number of rotatable bonds is 1. The molecule has 0 bridgehead atoms. The predicted molar refractivity (Wildman–Crippen MR) is 38.1 cm³/mol. The largest absolute Gasteiger partial charge is 0.373 e. The van der Waals surface area contributed by atoms with E-state index in [2.05, 4.69) is 4.98 Å². The van der Waals surface area contributed by atoms with Gasteiger partial charge in [0.1, 0.15) is 6.23 Å². The third-order valence-corrected chi connectivity index (χ3v) is 1.21. The molecule has 1 unspecified atom stereocenters. The number of aliphatic hydroxyl groups excluding tert-OH is 1. The molecule has 0 radical (unpaired) electrons. The summed E-state index contributed by atoms with van der Waals surface area (Å²) in [5, 5.41) is 8.86. The Morgan fingerprint density at radius 2 is 2.30 bits per heavy atom. The van der Waals surface area contributed by atoms with E-state index in [1.807, 2.05) is 19.1 Å². The van der Waals surface area contributed by atoms with E-state index in [4.69, 9.17) is 10.8 Å². The fourth-order valence-corrected chi connectivity index (χ4v) is 0.729. The summed E-state index contributed by atoms with van der Waals surface area (Å²) in [5.41, 5.74) is 6.55. The summed E-state index contributed by atoms with van der Waals surface area (Å²) in [7, 11) is 0. The topological polar surface area (TPSA) is 59.1 Å². The van der Waals surface area contributed by atoms with Crippen LogP contribution in [0.4, 0.5) is 0 Å². The maximum Gasteiger partial charge on any atom is 0.145 e. The molecule has 0 saturated heterocycles. The van der Waals surface area contributed by atoms with Crippen molar-refractivity contribution in [3.05, 3.63) is 29.6 Å². The lowest BCUT2D eigenvalue weighted by Gasteiger charge is -2.02. The molecule has 54 valence electrons. The summed E-state index contributed by atoms with van der Waals surface area (Å²) in [6.45, 7) is 1.85. The van der Waals surface area contributed by atoms with E-state index in [0.717, 1.165) is 5.69 Å². The van der Waals surface area contributed by atoms with Crippen LogP contribution in [0.3, 0.4) is 0 Å². The Hall–Kier alpha value is -0.930. The van der Waals surface area contributed by atoms with E-state index in [9.17, 15) is 0 Å². The maximum absolute atomic E-state index is 8.86. The SMILES string of the molecule is Cc1cccc(C(N)O)n1. The van der Waals surface area contributed by atoms with Crippen LogP contribution in [0.5, 0.6) is 0 Å². The van der Waals surface area contributed by atoms with Crippen LogP contribution in [-0.4, -0.2) is 10.1 Å². The summed E-state index contributed by atoms with van der Waals surface area (Å²) in [6, 6.07) is 5.36. The lowest BCUT2D eigenvalue weighted by Crippen LogP contribution is -2.10. The molecule has 3 nitrogen and oxygen atoms in total. The second kappa shape index (κ2) is 2.77. The van der Waals surface area contributed by atoms with Gasteiger partial charge in [-0.1, -0.05) is 6.07 Å². The van der Waals surface area contributed by atoms with E-state index >= 15 is 0 Å². The lowest BCUT2D eigenvalue weighted by atomic mass is 10.3. The summed E-state index contributed by atoms with van der Waals surface area (Å²) >= 11 is 0. The highest BCUT2D eigenvalue weighted by atomic mass is 16.3. The number of nitrogens with zero attached hydrogens (tertiary/aromatic N) is 1. The van der Waals surface area contributed by atoms with Crippen molar-refractivity contribution < 1.29 is 5.11 Å². The number of hydrogen-bond donors (Lipinski definition) is 2. The van der Waals surface area contributed by atoms with Crippen LogP contribution in [0.2, 0.25) is 0 Å². The number of pyridine rings is 1. The quantitative estimate of drug-likeness (QED) is 0.550. The van der Waals surface area contributed by atoms with Crippen LogP contribution >= 0.6 is 0 Å². The van der Waals surface area contributed by atoms with Gasteiger partial charge in [0.15, 0.2) is 0 Å². The summed E-state index contributed by atoms with van der Waals surface area (Å²) in [6.07, 6.45) is -0.958. The fraction of sp³-hybridized carbons (Fsp3) is 0.286. The van der Waals surface area contributed by atoms with Crippen molar-refractivity contribution in [2.75, 3.05) is 0 Å². The molecule has 0 fully saturated rings. The first-order chi connectivity index (χ1) is 4.70. The molecule has 0 amide bonds. The maximum atomic E-state index is 8.86. The van der Waals surface area contributed by atoms with Crippen LogP contribution in [0.1, 0.15) is 17.6 Å². The average Bonchev–Trinajstić information content (AvgIpc) is 1.88. The zero-order chi connectivity index (χ0) is 7.56. The van der Waals surface area contributed by atoms with Crippen molar-refractivity contribution >= 4 is 0 Å². The Labute approximate surface area is 59.5 Å². The third-order valence-electron chi connectivity index (χ3n) is 1.21. The summed E-state index contributed by atoms with van der Waals surface area (Å²) in [4.78, 5) is 4.00. The Bertz CT molecular complexity index is 223. The van der Waals surface area contributed by atoms with Gasteiger partial charge < -0.3 is 10.8 Å². The molecular formula is C7H10N2O. The van der Waals surface area contributed by atoms with Gasteiger partial charge >= 0.3 is 0 Å². The van der Waals surface area contributed by atoms with Gasteiger partial charge in [-0.05, 0) is 19.1 Å². The molecule has 3 heteroatoms. The smallest absolute Gasteiger partial charge is 0.145 e. The van der Waals surface area contributed by atoms with Gasteiger partial charge in [-0.15, -0.1) is 0 Å². The summed E-state index contributed by atoms with van der Waals surface area (Å²) < 4.78 is 0. The monoisotopic (exact) mass is 138 g/mol. The molecule has 1 aromatic rings. The minimum Gasteiger partial charge on any atom is -0.373 e. The van der Waals surface area contributed by atoms with E-state index in [1.165, 1.54) is 0 Å². The number of aliphatic hydroxyl groups is 1. The molecule has 0 aromatic carbocycles. The highest BCUT2D eigenvalue weighted by Crippen LogP contribution is 2.03. The molecule has 10 heavy (non-hydrogen) atoms. The Kier molecular flexibility index (Phi) is 1.99. The Morgan fingerprint density at radius 1 is 1.60 bits per heavy atom. The van der Waals surface area contributed by atoms with Crippen molar-refractivity contribution in [2.24, 2.45) is 5.73 Å². The molecule has 0 aliphatic carbocycles. The first kappa shape index (κ1) is 7.18. The van der Waals surface area contributed by atoms with Gasteiger partial charge in [0.25, 0.3) is 0 Å². The van der Waals surface area contributed by atoms with Crippen molar-refractivity contribution in [3.63, 3.8) is 0 Å². The average molecular weight is 138 g/mol. The van der Waals surface area contributed by atoms with Gasteiger partial charge in [-0.2, -0.15) is 0 Å². The van der Waals surface area contributed by atoms with Gasteiger partial charge in [-0.3, -0.25) is 4.98 Å². The normalized spacial score (nSPS) is 13.1. The fourth-order valence-electron chi connectivity index (χ4n) is 0.729. The van der Waals surface area contributed by atoms with Crippen LogP contribution in [0.25, 0.3) is 0 Å². The first-order valence-electron chi connectivity index (χ1n) is 3.07. The molecule has 1 rings (SSSR count). The zero-order valence-corrected chi connectivity index (χ0v) is 5.78. The van der Waals surface area contributed by atoms with Gasteiger partial charge in [0.2, 0.25) is 0 Å². The van der Waals surface area contributed by atoms with E-state index in [1.54, 1.807) is 6.07 Å². The standard InChI is InChI=1S/C7H10N2O/c1-5-3-2-4-6(9-5)7(8)10/h2-4,7,10H,8H2,1H3. The number of hydrogen-bond acceptors (Lipinski definition) is 3. The van der Waals surface area contributed by atoms with Crippen molar-refractivity contribution in [2.45, 2.75) is 13.2 Å². The molecule has 0 spiro atoms. The van der Waals surface area contributed by atoms with Crippen LogP contribution in [0, 0.1) is 6.92 Å². The van der Waals surface area contributed by atoms with Crippen molar-refractivity contribution in [1.29, 1.82) is 0 Å². The second-order valence-electron chi connectivity index (χ2n) is 2.15. The van der Waals surface area contributed by atoms with Crippen LogP contribution < -0.4 is 5.73 Å². The highest BCUT2D eigenvalue weighted by molar-refractivity contribution is 5.10. The summed E-state index contributed by atoms with van der Waals surface area (Å²) in [5.74, 6) is 0. The third kappa shape index (κ3) is 1.52. The number of aromatic nitrogens is 1. The molecule has 0 aliphatic heterocycles. The van der Waals surface area contributed by atoms with E-state index in [0.29, 0.717) is 5.69 Å². The minimum absolute atomic E-state index is 0.514. The van der Waals surface area contributed by atoms with Gasteiger partial charge in [0.05, 0.1) is 5.69 Å². The Morgan fingerprint density at radius 3 is 2.70 bits per heavy atom. The van der Waals surface area contributed by atoms with Crippen LogP contribution in [-0.2, 0) is 0 Å². The highest BCUT2D eigenvalue weighted by Gasteiger charge is 1.99. The lowest BCUT2D eigenvalue weighted by molar-refractivity contribution is 0.181. The molecular weight excluding hydrogens is 128 g/mol. The van der Waals surface area contributed by atoms with Crippen LogP contribution in [0.15, 0.2) is 18.2 Å². The second-order valence-corrected chi connectivity index (χ2v) is 2.15. The molecule has 1 heterocycles. The van der Waals surface area contributed by atoms with E-state index < -0.39 is 6.23 Å². The Balaban J connectivity index is 2.96. The van der Waals surface area contributed by atoms with Crippen molar-refractivity contribution in [3.8, 4) is 0 Å². The number of nitrogens with two attached hydrogens (primary N) is 1. The van der Waals surface area contributed by atoms with E-state index in [-0.39, 0.29) is 0 Å². The van der Waals surface area contributed by atoms with Gasteiger partial charge in [0, 0.05) is 5.69 Å². The number of aryl methyl sites for hydroxylation is 1. The molecule has 3 N–H and O–H groups in total. The predicted octanol–water partition coefficient (Wildman–Crippen LogP) is 0.340. The van der Waals surface area contributed by atoms with Gasteiger partial charge in [-0.25, -0.2) is 0 Å². The minimum atomic E-state index is -0.958. The molecule has 0 aliphatic rings. The zero-order valence-electron chi connectivity index (χ0n) is 5.78. The molecule has 1 atom stereocenters. The molecule has 1 aromatic heterocycles. The first-order valence-corrected chi connectivity index (χ1v) is 3.07.